The molecule has 1 unspecified atom stereocenters. The predicted molar refractivity (Wildman–Crippen MR) is 24.7 cm³/mol. The molecule has 0 saturated carbocycles. The summed E-state index contributed by atoms with van der Waals surface area (Å²) in [6.07, 6.45) is 0. The van der Waals surface area contributed by atoms with Crippen LogP contribution in [0, 0.1) is 0 Å². The van der Waals surface area contributed by atoms with Gasteiger partial charge in [-0.15, -0.1) is 0 Å². The van der Waals surface area contributed by atoms with Gasteiger partial charge in [-0.3, -0.25) is 10.5 Å². The lowest BCUT2D eigenvalue weighted by molar-refractivity contribution is -0.129. The standard InChI is InChI=1S/C4H7F2NO/c1-3(8)4(6,7)2-5/h2,7H2,1H3. The van der Waals surface area contributed by atoms with Crippen molar-refractivity contribution < 1.29 is 13.6 Å². The summed E-state index contributed by atoms with van der Waals surface area (Å²) in [6.45, 7) is -0.554. The highest BCUT2D eigenvalue weighted by Crippen LogP contribution is 2.03. The Bertz CT molecular complexity index is 102. The Morgan fingerprint density at radius 1 is 1.88 bits per heavy atom. The van der Waals surface area contributed by atoms with E-state index in [-0.39, 0.29) is 0 Å². The molecule has 0 rings (SSSR count). The van der Waals surface area contributed by atoms with Gasteiger partial charge >= 0.3 is 0 Å². The Balaban J connectivity index is 3.91. The van der Waals surface area contributed by atoms with Crippen LogP contribution in [0.2, 0.25) is 0 Å². The Hall–Kier alpha value is -0.510. The number of rotatable bonds is 2. The fraction of sp³-hybridized carbons (Fsp3) is 0.750. The lowest BCUT2D eigenvalue weighted by Gasteiger charge is -2.09. The average Bonchev–Trinajstić information content (AvgIpc) is 1.67. The van der Waals surface area contributed by atoms with Crippen LogP contribution in [0.25, 0.3) is 0 Å². The van der Waals surface area contributed by atoms with Gasteiger partial charge in [0.05, 0.1) is 0 Å². The zero-order chi connectivity index (χ0) is 6.78. The minimum absolute atomic E-state index is 0.902. The van der Waals surface area contributed by atoms with Crippen molar-refractivity contribution in [3.8, 4) is 0 Å². The van der Waals surface area contributed by atoms with Gasteiger partial charge < -0.3 is 0 Å². The zero-order valence-electron chi connectivity index (χ0n) is 4.45. The van der Waals surface area contributed by atoms with E-state index in [1.807, 2.05) is 0 Å². The number of carbonyl (C=O) groups is 1. The molecule has 0 fully saturated rings. The minimum atomic E-state index is -2.76. The van der Waals surface area contributed by atoms with E-state index >= 15 is 0 Å². The number of alkyl halides is 2. The molecule has 0 aromatic rings. The Morgan fingerprint density at radius 3 is 2.25 bits per heavy atom. The van der Waals surface area contributed by atoms with Crippen LogP contribution >= 0.6 is 0 Å². The van der Waals surface area contributed by atoms with Crippen molar-refractivity contribution in [1.82, 2.24) is 0 Å². The third kappa shape index (κ3) is 1.54. The Labute approximate surface area is 45.7 Å². The van der Waals surface area contributed by atoms with Crippen molar-refractivity contribution >= 4 is 5.78 Å². The molecule has 4 heteroatoms. The molecule has 0 radical (unpaired) electrons. The SMILES string of the molecule is CC(=O)C(N)(F)CF. The molecule has 0 saturated heterocycles. The van der Waals surface area contributed by atoms with Crippen LogP contribution in [0.4, 0.5) is 8.78 Å². The molecule has 2 nitrogen and oxygen atoms in total. The second-order valence-electron chi connectivity index (χ2n) is 1.55. The van der Waals surface area contributed by atoms with Gasteiger partial charge in [0.25, 0.3) is 0 Å². The second kappa shape index (κ2) is 2.17. The van der Waals surface area contributed by atoms with Gasteiger partial charge in [0.15, 0.2) is 5.78 Å². The summed E-state index contributed by atoms with van der Waals surface area (Å²) in [5, 5.41) is 0. The first-order valence-corrected chi connectivity index (χ1v) is 2.05. The quantitative estimate of drug-likeness (QED) is 0.532. The number of ketones is 1. The van der Waals surface area contributed by atoms with Crippen molar-refractivity contribution in [3.63, 3.8) is 0 Å². The third-order valence-electron chi connectivity index (χ3n) is 0.780. The second-order valence-corrected chi connectivity index (χ2v) is 1.55. The monoisotopic (exact) mass is 123 g/mol. The van der Waals surface area contributed by atoms with Crippen LogP contribution in [0.1, 0.15) is 6.92 Å². The topological polar surface area (TPSA) is 43.1 Å². The van der Waals surface area contributed by atoms with E-state index < -0.39 is 18.3 Å². The number of nitrogens with two attached hydrogens (primary N) is 1. The van der Waals surface area contributed by atoms with E-state index in [1.54, 1.807) is 0 Å². The molecule has 0 aliphatic rings. The summed E-state index contributed by atoms with van der Waals surface area (Å²) in [7, 11) is 0. The molecular formula is C4H7F2NO. The van der Waals surface area contributed by atoms with E-state index in [4.69, 9.17) is 0 Å². The van der Waals surface area contributed by atoms with E-state index in [1.165, 1.54) is 0 Å². The summed E-state index contributed by atoms with van der Waals surface area (Å²) in [5.41, 5.74) is 4.47. The third-order valence-corrected chi connectivity index (χ3v) is 0.780. The molecule has 48 valence electrons. The molecule has 0 aliphatic heterocycles. The Morgan fingerprint density at radius 2 is 2.25 bits per heavy atom. The van der Waals surface area contributed by atoms with Gasteiger partial charge in [-0.2, -0.15) is 0 Å². The molecule has 1 atom stereocenters. The van der Waals surface area contributed by atoms with Gasteiger partial charge in [0.2, 0.25) is 5.79 Å². The summed E-state index contributed by atoms with van der Waals surface area (Å²) in [6, 6.07) is 0. The van der Waals surface area contributed by atoms with Gasteiger partial charge in [-0.25, -0.2) is 8.78 Å². The molecule has 0 spiro atoms. The summed E-state index contributed by atoms with van der Waals surface area (Å²) >= 11 is 0. The van der Waals surface area contributed by atoms with E-state index in [9.17, 15) is 13.6 Å². The maximum atomic E-state index is 12.0. The lowest BCUT2D eigenvalue weighted by atomic mass is 10.2. The minimum Gasteiger partial charge on any atom is -0.295 e. The van der Waals surface area contributed by atoms with Crippen molar-refractivity contribution in [2.75, 3.05) is 6.67 Å². The van der Waals surface area contributed by atoms with Crippen LogP contribution in [0.15, 0.2) is 0 Å². The summed E-state index contributed by atoms with van der Waals surface area (Å²) < 4.78 is 23.3. The smallest absolute Gasteiger partial charge is 0.245 e. The van der Waals surface area contributed by atoms with Crippen LogP contribution in [0.3, 0.4) is 0 Å². The van der Waals surface area contributed by atoms with Crippen LogP contribution in [-0.4, -0.2) is 18.3 Å². The molecule has 2 N–H and O–H groups in total. The molecule has 0 aromatic heterocycles. The molecule has 0 aliphatic carbocycles. The van der Waals surface area contributed by atoms with Gasteiger partial charge in [0.1, 0.15) is 6.67 Å². The highest BCUT2D eigenvalue weighted by molar-refractivity contribution is 5.84. The highest BCUT2D eigenvalue weighted by Gasteiger charge is 2.29. The zero-order valence-corrected chi connectivity index (χ0v) is 4.45. The normalized spacial score (nSPS) is 17.5. The lowest BCUT2D eigenvalue weighted by Crippen LogP contribution is -2.44. The molecule has 0 amide bonds. The highest BCUT2D eigenvalue weighted by atomic mass is 19.2. The average molecular weight is 123 g/mol. The van der Waals surface area contributed by atoms with E-state index in [0.717, 1.165) is 6.92 Å². The molecule has 0 bridgehead atoms. The first-order valence-electron chi connectivity index (χ1n) is 2.05. The Kier molecular flexibility index (Phi) is 2.03. The first kappa shape index (κ1) is 7.49. The fourth-order valence-electron chi connectivity index (χ4n) is 0.0941. The fourth-order valence-corrected chi connectivity index (χ4v) is 0.0941. The first-order chi connectivity index (χ1) is 3.50. The van der Waals surface area contributed by atoms with Crippen LogP contribution in [0.5, 0.6) is 0 Å². The van der Waals surface area contributed by atoms with Crippen LogP contribution < -0.4 is 5.73 Å². The molecular weight excluding hydrogens is 116 g/mol. The van der Waals surface area contributed by atoms with Crippen molar-refractivity contribution in [3.05, 3.63) is 0 Å². The number of carbonyl (C=O) groups excluding carboxylic acids is 1. The number of halogens is 2. The maximum Gasteiger partial charge on any atom is 0.245 e. The summed E-state index contributed by atoms with van der Waals surface area (Å²) in [5.74, 6) is -3.75. The van der Waals surface area contributed by atoms with Gasteiger partial charge in [-0.05, 0) is 6.92 Å². The van der Waals surface area contributed by atoms with Crippen molar-refractivity contribution in [2.45, 2.75) is 12.7 Å². The van der Waals surface area contributed by atoms with E-state index in [0.29, 0.717) is 0 Å². The number of hydrogen-bond donors (Lipinski definition) is 1. The number of hydrogen-bond acceptors (Lipinski definition) is 2. The molecule has 8 heavy (non-hydrogen) atoms. The number of Topliss-reactive ketones (excluding diaryl/α,β-unsaturated/α-hetero) is 1. The predicted octanol–water partition coefficient (Wildman–Crippen LogP) is 0.169. The summed E-state index contributed by atoms with van der Waals surface area (Å²) in [4.78, 5) is 9.96. The molecule has 0 heterocycles. The van der Waals surface area contributed by atoms with Crippen LogP contribution in [-0.2, 0) is 4.79 Å². The largest absolute Gasteiger partial charge is 0.295 e. The van der Waals surface area contributed by atoms with Gasteiger partial charge in [0, 0.05) is 0 Å². The molecule has 0 aromatic carbocycles. The van der Waals surface area contributed by atoms with E-state index in [2.05, 4.69) is 5.73 Å². The van der Waals surface area contributed by atoms with Crippen molar-refractivity contribution in [1.29, 1.82) is 0 Å². The van der Waals surface area contributed by atoms with Gasteiger partial charge in [-0.1, -0.05) is 0 Å². The van der Waals surface area contributed by atoms with Crippen molar-refractivity contribution in [2.24, 2.45) is 5.73 Å². The maximum absolute atomic E-state index is 12.0.